The number of hydrogen-bond donors (Lipinski definition) is 1. The molecule has 0 saturated carbocycles. The van der Waals surface area contributed by atoms with E-state index in [1.165, 1.54) is 11.3 Å². The Labute approximate surface area is 170 Å². The average Bonchev–Trinajstić information content (AvgIpc) is 3.27. The van der Waals surface area contributed by atoms with Gasteiger partial charge in [-0.25, -0.2) is 4.98 Å². The van der Waals surface area contributed by atoms with E-state index in [2.05, 4.69) is 0 Å². The first kappa shape index (κ1) is 18.6. The van der Waals surface area contributed by atoms with Crippen LogP contribution < -0.4 is 11.3 Å². The van der Waals surface area contributed by atoms with Crippen molar-refractivity contribution < 1.29 is 4.79 Å². The van der Waals surface area contributed by atoms with Gasteiger partial charge in [0.2, 0.25) is 5.91 Å². The lowest BCUT2D eigenvalue weighted by Crippen LogP contribution is -2.26. The number of primary amides is 1. The maximum atomic E-state index is 13.5. The number of carbonyl (C=O) groups excluding carboxylic acids is 1. The fourth-order valence-electron chi connectivity index (χ4n) is 3.35. The molecule has 28 heavy (non-hydrogen) atoms. The van der Waals surface area contributed by atoms with E-state index in [0.29, 0.717) is 11.2 Å². The van der Waals surface area contributed by atoms with Crippen LogP contribution in [0.5, 0.6) is 0 Å². The van der Waals surface area contributed by atoms with Gasteiger partial charge in [0.1, 0.15) is 10.7 Å². The maximum Gasteiger partial charge on any atom is 0.263 e. The predicted molar refractivity (Wildman–Crippen MR) is 116 cm³/mol. The number of thiophene rings is 2. The molecular weight excluding hydrogens is 390 g/mol. The minimum Gasteiger partial charge on any atom is -0.370 e. The number of benzene rings is 1. The zero-order valence-electron chi connectivity index (χ0n) is 15.6. The van der Waals surface area contributed by atoms with Crippen molar-refractivity contribution in [3.63, 3.8) is 0 Å². The molecule has 1 amide bonds. The van der Waals surface area contributed by atoms with Gasteiger partial charge in [0.25, 0.3) is 5.56 Å². The van der Waals surface area contributed by atoms with Crippen LogP contribution in [0.2, 0.25) is 0 Å². The third-order valence-corrected chi connectivity index (χ3v) is 6.50. The van der Waals surface area contributed by atoms with Crippen molar-refractivity contribution in [1.29, 1.82) is 0 Å². The van der Waals surface area contributed by atoms with E-state index >= 15 is 0 Å². The van der Waals surface area contributed by atoms with Crippen molar-refractivity contribution in [3.8, 4) is 21.8 Å². The molecule has 0 spiro atoms. The number of fused-ring (bicyclic) bond motifs is 1. The summed E-state index contributed by atoms with van der Waals surface area (Å²) < 4.78 is 1.59. The summed E-state index contributed by atoms with van der Waals surface area (Å²) in [6, 6.07) is 11.9. The Hall–Kier alpha value is -2.77. The highest BCUT2D eigenvalue weighted by Gasteiger charge is 2.21. The minimum atomic E-state index is -0.442. The Morgan fingerprint density at radius 3 is 2.71 bits per heavy atom. The molecule has 5 nitrogen and oxygen atoms in total. The van der Waals surface area contributed by atoms with Crippen molar-refractivity contribution in [3.05, 3.63) is 62.6 Å². The summed E-state index contributed by atoms with van der Waals surface area (Å²) in [7, 11) is 0. The number of hydrogen-bond acceptors (Lipinski definition) is 5. The molecule has 0 bridgehead atoms. The number of aryl methyl sites for hydroxylation is 2. The molecule has 3 heterocycles. The van der Waals surface area contributed by atoms with E-state index in [1.54, 1.807) is 15.9 Å². The van der Waals surface area contributed by atoms with Crippen LogP contribution in [0.1, 0.15) is 16.9 Å². The van der Waals surface area contributed by atoms with Crippen LogP contribution in [0.4, 0.5) is 0 Å². The highest BCUT2D eigenvalue weighted by Crippen LogP contribution is 2.38. The summed E-state index contributed by atoms with van der Waals surface area (Å²) in [4.78, 5) is 32.6. The fourth-order valence-corrected chi connectivity index (χ4v) is 5.27. The standard InChI is InChI=1S/C21H19N3O2S2/c1-12-5-3-6-14(11-12)19-23-20-18(21(26)24(19)9-8-16(22)25)17(13(2)28-20)15-7-4-10-27-15/h3-7,10-11H,8-9H2,1-2H3,(H2,22,25). The van der Waals surface area contributed by atoms with E-state index in [1.807, 2.05) is 55.6 Å². The van der Waals surface area contributed by atoms with Gasteiger partial charge in [0.05, 0.1) is 5.39 Å². The van der Waals surface area contributed by atoms with Crippen LogP contribution in [0.15, 0.2) is 46.6 Å². The number of rotatable bonds is 5. The summed E-state index contributed by atoms with van der Waals surface area (Å²) in [5, 5.41) is 2.61. The van der Waals surface area contributed by atoms with Crippen LogP contribution in [-0.4, -0.2) is 15.5 Å². The van der Waals surface area contributed by atoms with Gasteiger partial charge in [0.15, 0.2) is 0 Å². The minimum absolute atomic E-state index is 0.0867. The van der Waals surface area contributed by atoms with Gasteiger partial charge < -0.3 is 5.73 Å². The largest absolute Gasteiger partial charge is 0.370 e. The van der Waals surface area contributed by atoms with E-state index in [0.717, 1.165) is 31.3 Å². The number of aromatic nitrogens is 2. The van der Waals surface area contributed by atoms with Gasteiger partial charge in [-0.1, -0.05) is 29.8 Å². The molecule has 0 unspecified atom stereocenters. The molecule has 0 saturated heterocycles. The molecule has 3 aromatic heterocycles. The molecule has 4 aromatic rings. The lowest BCUT2D eigenvalue weighted by atomic mass is 10.1. The lowest BCUT2D eigenvalue weighted by Gasteiger charge is -2.13. The van der Waals surface area contributed by atoms with Crippen LogP contribution in [0.25, 0.3) is 32.0 Å². The van der Waals surface area contributed by atoms with Crippen LogP contribution in [0.3, 0.4) is 0 Å². The molecule has 0 aliphatic rings. The first-order chi connectivity index (χ1) is 13.5. The van der Waals surface area contributed by atoms with E-state index in [-0.39, 0.29) is 18.5 Å². The molecule has 0 aliphatic heterocycles. The van der Waals surface area contributed by atoms with Crippen molar-refractivity contribution in [2.45, 2.75) is 26.8 Å². The van der Waals surface area contributed by atoms with E-state index in [4.69, 9.17) is 10.7 Å². The number of carbonyl (C=O) groups is 1. The van der Waals surface area contributed by atoms with Gasteiger partial charge in [0, 0.05) is 33.8 Å². The van der Waals surface area contributed by atoms with Gasteiger partial charge in [-0.15, -0.1) is 22.7 Å². The molecule has 0 aliphatic carbocycles. The SMILES string of the molecule is Cc1cccc(-c2nc3sc(C)c(-c4cccs4)c3c(=O)n2CCC(N)=O)c1. The number of amides is 1. The van der Waals surface area contributed by atoms with Gasteiger partial charge in [-0.2, -0.15) is 0 Å². The first-order valence-corrected chi connectivity index (χ1v) is 10.6. The van der Waals surface area contributed by atoms with Gasteiger partial charge in [-0.05, 0) is 31.4 Å². The van der Waals surface area contributed by atoms with Crippen LogP contribution in [-0.2, 0) is 11.3 Å². The zero-order chi connectivity index (χ0) is 19.8. The predicted octanol–water partition coefficient (Wildman–Crippen LogP) is 4.35. The topological polar surface area (TPSA) is 78.0 Å². The monoisotopic (exact) mass is 409 g/mol. The third kappa shape index (κ3) is 3.27. The highest BCUT2D eigenvalue weighted by atomic mass is 32.1. The highest BCUT2D eigenvalue weighted by molar-refractivity contribution is 7.20. The van der Waals surface area contributed by atoms with Crippen molar-refractivity contribution >= 4 is 38.8 Å². The third-order valence-electron chi connectivity index (χ3n) is 4.61. The first-order valence-electron chi connectivity index (χ1n) is 8.89. The molecular formula is C21H19N3O2S2. The second kappa shape index (κ2) is 7.33. The maximum absolute atomic E-state index is 13.5. The second-order valence-electron chi connectivity index (χ2n) is 6.67. The number of nitrogens with zero attached hydrogens (tertiary/aromatic N) is 2. The molecule has 0 atom stereocenters. The Kier molecular flexibility index (Phi) is 4.87. The molecule has 0 radical (unpaired) electrons. The molecule has 1 aromatic carbocycles. The molecule has 2 N–H and O–H groups in total. The summed E-state index contributed by atoms with van der Waals surface area (Å²) in [5.41, 5.74) is 8.10. The van der Waals surface area contributed by atoms with E-state index < -0.39 is 5.91 Å². The zero-order valence-corrected chi connectivity index (χ0v) is 17.2. The molecule has 4 rings (SSSR count). The smallest absolute Gasteiger partial charge is 0.263 e. The van der Waals surface area contributed by atoms with Crippen molar-refractivity contribution in [2.75, 3.05) is 0 Å². The average molecular weight is 410 g/mol. The summed E-state index contributed by atoms with van der Waals surface area (Å²) in [5.74, 6) is 0.128. The Morgan fingerprint density at radius 1 is 1.21 bits per heavy atom. The molecule has 142 valence electrons. The quantitative estimate of drug-likeness (QED) is 0.532. The molecule has 0 fully saturated rings. The van der Waals surface area contributed by atoms with Crippen LogP contribution >= 0.6 is 22.7 Å². The summed E-state index contributed by atoms with van der Waals surface area (Å²) in [6.45, 7) is 4.22. The normalized spacial score (nSPS) is 11.2. The Balaban J connectivity index is 2.03. The Morgan fingerprint density at radius 2 is 2.04 bits per heavy atom. The lowest BCUT2D eigenvalue weighted by molar-refractivity contribution is -0.118. The van der Waals surface area contributed by atoms with Crippen molar-refractivity contribution in [1.82, 2.24) is 9.55 Å². The fraction of sp³-hybridized carbons (Fsp3) is 0.190. The van der Waals surface area contributed by atoms with Gasteiger partial charge >= 0.3 is 0 Å². The van der Waals surface area contributed by atoms with Crippen LogP contribution in [0, 0.1) is 13.8 Å². The second-order valence-corrected chi connectivity index (χ2v) is 8.82. The van der Waals surface area contributed by atoms with E-state index in [9.17, 15) is 9.59 Å². The molecule has 7 heteroatoms. The summed E-state index contributed by atoms with van der Waals surface area (Å²) >= 11 is 3.13. The number of nitrogens with two attached hydrogens (primary N) is 1. The van der Waals surface area contributed by atoms with Crippen molar-refractivity contribution in [2.24, 2.45) is 5.73 Å². The van der Waals surface area contributed by atoms with Gasteiger partial charge in [-0.3, -0.25) is 14.2 Å². The Bertz CT molecular complexity index is 1240. The summed E-state index contributed by atoms with van der Waals surface area (Å²) in [6.07, 6.45) is 0.0867.